The molecule has 16 heavy (non-hydrogen) atoms. The third-order valence-corrected chi connectivity index (χ3v) is 2.81. The van der Waals surface area contributed by atoms with Crippen molar-refractivity contribution in [2.24, 2.45) is 0 Å². The molecule has 90 valence electrons. The van der Waals surface area contributed by atoms with Crippen LogP contribution in [0.4, 0.5) is 5.95 Å². The van der Waals surface area contributed by atoms with E-state index in [0.29, 0.717) is 17.7 Å². The van der Waals surface area contributed by atoms with E-state index >= 15 is 0 Å². The van der Waals surface area contributed by atoms with Crippen LogP contribution in [0.3, 0.4) is 0 Å². The highest BCUT2D eigenvalue weighted by atomic mass is 79.9. The first kappa shape index (κ1) is 13.5. The van der Waals surface area contributed by atoms with Gasteiger partial charge in [-0.25, -0.2) is 4.98 Å². The van der Waals surface area contributed by atoms with Crippen LogP contribution in [-0.2, 0) is 0 Å². The maximum absolute atomic E-state index is 5.72. The zero-order valence-corrected chi connectivity index (χ0v) is 11.9. The highest BCUT2D eigenvalue weighted by Crippen LogP contribution is 2.23. The molecule has 0 aromatic carbocycles. The summed E-state index contributed by atoms with van der Waals surface area (Å²) >= 11 is 9.03. The normalized spacial score (nSPS) is 11.3. The second-order valence-corrected chi connectivity index (χ2v) is 5.23. The summed E-state index contributed by atoms with van der Waals surface area (Å²) in [6, 6.07) is 0. The fourth-order valence-corrected chi connectivity index (χ4v) is 1.98. The summed E-state index contributed by atoms with van der Waals surface area (Å²) in [6.07, 6.45) is 2.49. The molecule has 1 heterocycles. The highest BCUT2D eigenvalue weighted by molar-refractivity contribution is 9.10. The van der Waals surface area contributed by atoms with Crippen LogP contribution in [0.25, 0.3) is 0 Å². The number of halogens is 2. The SMILES string of the molecule is COc1nc(NC(C)(C)CCCl)ncc1Br. The topological polar surface area (TPSA) is 47.0 Å². The van der Waals surface area contributed by atoms with Crippen molar-refractivity contribution in [1.82, 2.24) is 9.97 Å². The predicted octanol–water partition coefficient (Wildman–Crippen LogP) is 3.07. The Labute approximate surface area is 109 Å². The van der Waals surface area contributed by atoms with E-state index in [1.807, 2.05) is 13.8 Å². The van der Waals surface area contributed by atoms with Crippen molar-refractivity contribution in [2.75, 3.05) is 18.3 Å². The molecule has 1 aromatic rings. The van der Waals surface area contributed by atoms with Crippen LogP contribution in [0.2, 0.25) is 0 Å². The lowest BCUT2D eigenvalue weighted by Gasteiger charge is -2.25. The van der Waals surface area contributed by atoms with Crippen molar-refractivity contribution in [3.63, 3.8) is 0 Å². The van der Waals surface area contributed by atoms with Gasteiger partial charge in [-0.1, -0.05) is 0 Å². The lowest BCUT2D eigenvalue weighted by atomic mass is 10.0. The van der Waals surface area contributed by atoms with E-state index in [-0.39, 0.29) is 5.54 Å². The van der Waals surface area contributed by atoms with Crippen molar-refractivity contribution < 1.29 is 4.74 Å². The Bertz CT molecular complexity index is 360. The first-order chi connectivity index (χ1) is 7.48. The Balaban J connectivity index is 2.81. The highest BCUT2D eigenvalue weighted by Gasteiger charge is 2.18. The lowest BCUT2D eigenvalue weighted by Crippen LogP contribution is -2.32. The number of nitrogens with one attached hydrogen (secondary N) is 1. The van der Waals surface area contributed by atoms with Crippen molar-refractivity contribution in [1.29, 1.82) is 0 Å². The van der Waals surface area contributed by atoms with Gasteiger partial charge in [-0.3, -0.25) is 0 Å². The Hall–Kier alpha value is -0.550. The molecule has 0 saturated heterocycles. The summed E-state index contributed by atoms with van der Waals surface area (Å²) in [5.41, 5.74) is -0.138. The molecule has 1 aromatic heterocycles. The molecule has 0 saturated carbocycles. The number of hydrogen-bond donors (Lipinski definition) is 1. The molecule has 4 nitrogen and oxygen atoms in total. The van der Waals surface area contributed by atoms with Gasteiger partial charge < -0.3 is 10.1 Å². The Morgan fingerprint density at radius 1 is 1.56 bits per heavy atom. The predicted molar refractivity (Wildman–Crippen MR) is 69.3 cm³/mol. The fraction of sp³-hybridized carbons (Fsp3) is 0.600. The average molecular weight is 309 g/mol. The maximum atomic E-state index is 5.72. The second kappa shape index (κ2) is 5.68. The van der Waals surface area contributed by atoms with E-state index in [9.17, 15) is 0 Å². The number of methoxy groups -OCH3 is 1. The van der Waals surface area contributed by atoms with Gasteiger partial charge in [0.05, 0.1) is 17.8 Å². The van der Waals surface area contributed by atoms with Gasteiger partial charge in [-0.05, 0) is 36.2 Å². The molecule has 0 fully saturated rings. The third-order valence-electron chi connectivity index (χ3n) is 2.07. The molecule has 1 N–H and O–H groups in total. The maximum Gasteiger partial charge on any atom is 0.232 e. The number of hydrogen-bond acceptors (Lipinski definition) is 4. The minimum atomic E-state index is -0.138. The summed E-state index contributed by atoms with van der Waals surface area (Å²) in [7, 11) is 1.57. The van der Waals surface area contributed by atoms with Gasteiger partial charge in [0.15, 0.2) is 0 Å². The first-order valence-corrected chi connectivity index (χ1v) is 6.22. The molecule has 6 heteroatoms. The largest absolute Gasteiger partial charge is 0.480 e. The third kappa shape index (κ3) is 3.79. The smallest absolute Gasteiger partial charge is 0.232 e. The van der Waals surface area contributed by atoms with E-state index in [1.54, 1.807) is 13.3 Å². The summed E-state index contributed by atoms with van der Waals surface area (Å²) < 4.78 is 5.83. The monoisotopic (exact) mass is 307 g/mol. The van der Waals surface area contributed by atoms with Crippen LogP contribution >= 0.6 is 27.5 Å². The summed E-state index contributed by atoms with van der Waals surface area (Å²) in [4.78, 5) is 8.39. The molecule has 0 spiro atoms. The summed E-state index contributed by atoms with van der Waals surface area (Å²) in [5.74, 6) is 1.64. The van der Waals surface area contributed by atoms with Gasteiger partial charge in [-0.15, -0.1) is 11.6 Å². The molecule has 1 rings (SSSR count). The van der Waals surface area contributed by atoms with Crippen LogP contribution in [0.1, 0.15) is 20.3 Å². The Morgan fingerprint density at radius 3 is 2.81 bits per heavy atom. The number of alkyl halides is 1. The zero-order chi connectivity index (χ0) is 12.2. The molecule has 0 radical (unpaired) electrons. The van der Waals surface area contributed by atoms with Gasteiger partial charge in [0.25, 0.3) is 0 Å². The van der Waals surface area contributed by atoms with Gasteiger partial charge in [0, 0.05) is 11.4 Å². The zero-order valence-electron chi connectivity index (χ0n) is 9.55. The van der Waals surface area contributed by atoms with Gasteiger partial charge in [0.1, 0.15) is 0 Å². The average Bonchev–Trinajstić information content (AvgIpc) is 2.20. The summed E-state index contributed by atoms with van der Waals surface area (Å²) in [6.45, 7) is 4.10. The van der Waals surface area contributed by atoms with Crippen LogP contribution < -0.4 is 10.1 Å². The Morgan fingerprint density at radius 2 is 2.25 bits per heavy atom. The minimum absolute atomic E-state index is 0.138. The van der Waals surface area contributed by atoms with E-state index in [4.69, 9.17) is 16.3 Å². The molecule has 0 unspecified atom stereocenters. The van der Waals surface area contributed by atoms with Crippen molar-refractivity contribution in [3.8, 4) is 5.88 Å². The Kier molecular flexibility index (Phi) is 4.80. The molecule has 0 atom stereocenters. The van der Waals surface area contributed by atoms with E-state index < -0.39 is 0 Å². The van der Waals surface area contributed by atoms with Gasteiger partial charge in [-0.2, -0.15) is 4.98 Å². The van der Waals surface area contributed by atoms with Crippen LogP contribution in [0.15, 0.2) is 10.7 Å². The molecule has 0 aliphatic carbocycles. The molecular weight excluding hydrogens is 293 g/mol. The molecule has 0 aliphatic heterocycles. The van der Waals surface area contributed by atoms with Crippen LogP contribution in [0, 0.1) is 0 Å². The van der Waals surface area contributed by atoms with Crippen molar-refractivity contribution in [2.45, 2.75) is 25.8 Å². The minimum Gasteiger partial charge on any atom is -0.480 e. The van der Waals surface area contributed by atoms with Crippen LogP contribution in [0.5, 0.6) is 5.88 Å². The second-order valence-electron chi connectivity index (χ2n) is 4.00. The van der Waals surface area contributed by atoms with Crippen LogP contribution in [-0.4, -0.2) is 28.5 Å². The molecule has 0 aliphatic rings. The number of nitrogens with zero attached hydrogens (tertiary/aromatic N) is 2. The molecular formula is C10H15BrClN3O. The van der Waals surface area contributed by atoms with Gasteiger partial charge >= 0.3 is 0 Å². The summed E-state index contributed by atoms with van der Waals surface area (Å²) in [5, 5.41) is 3.21. The number of aromatic nitrogens is 2. The molecule has 0 bridgehead atoms. The standard InChI is InChI=1S/C10H15BrClN3O/c1-10(2,4-5-12)15-9-13-6-7(11)8(14-9)16-3/h6H,4-5H2,1-3H3,(H,13,14,15). The first-order valence-electron chi connectivity index (χ1n) is 4.89. The number of rotatable bonds is 5. The molecule has 0 amide bonds. The quantitative estimate of drug-likeness (QED) is 0.849. The van der Waals surface area contributed by atoms with Crippen molar-refractivity contribution >= 4 is 33.5 Å². The lowest BCUT2D eigenvalue weighted by molar-refractivity contribution is 0.393. The van der Waals surface area contributed by atoms with E-state index in [2.05, 4.69) is 31.2 Å². The number of anilines is 1. The fourth-order valence-electron chi connectivity index (χ4n) is 1.16. The number of ether oxygens (including phenoxy) is 1. The van der Waals surface area contributed by atoms with E-state index in [1.165, 1.54) is 0 Å². The van der Waals surface area contributed by atoms with Crippen molar-refractivity contribution in [3.05, 3.63) is 10.7 Å². The van der Waals surface area contributed by atoms with E-state index in [0.717, 1.165) is 10.9 Å². The van der Waals surface area contributed by atoms with Gasteiger partial charge in [0.2, 0.25) is 11.8 Å².